The zero-order valence-electron chi connectivity index (χ0n) is 24.6. The van der Waals surface area contributed by atoms with E-state index in [0.717, 1.165) is 44.4 Å². The lowest BCUT2D eigenvalue weighted by molar-refractivity contribution is 0.622. The molecule has 0 aliphatic carbocycles. The Labute approximate surface area is 263 Å². The molecule has 0 saturated carbocycles. The van der Waals surface area contributed by atoms with Gasteiger partial charge in [-0.05, 0) is 46.5 Å². The summed E-state index contributed by atoms with van der Waals surface area (Å²) in [6.07, 6.45) is 0. The van der Waals surface area contributed by atoms with Crippen molar-refractivity contribution < 1.29 is 4.42 Å². The summed E-state index contributed by atoms with van der Waals surface area (Å²) in [5.41, 5.74) is 10.5. The lowest BCUT2D eigenvalue weighted by Crippen LogP contribution is -2.40. The number of furan rings is 1. The molecule has 2 aliphatic heterocycles. The summed E-state index contributed by atoms with van der Waals surface area (Å²) in [5.74, 6) is 0.691. The van der Waals surface area contributed by atoms with E-state index in [2.05, 4.69) is 108 Å². The number of nitrogens with zero attached hydrogens (tertiary/aromatic N) is 2. The minimum Gasteiger partial charge on any atom is -0.450 e. The standard InChI is InChI=1S/C42H24N2O2/c45-41-40-29(24-37(46-40)25-12-2-1-3-13-25)28-16-11-20-33-39(28)44(41)36-23-9-6-18-31(36)42(33)30-17-5-8-22-35(30)43-34-21-7-4-14-26(34)27-15-10-19-32(42)38(27)43/h1-24H. The molecule has 0 radical (unpaired) electrons. The maximum Gasteiger partial charge on any atom is 0.299 e. The van der Waals surface area contributed by atoms with Gasteiger partial charge in [-0.1, -0.05) is 121 Å². The molecule has 6 aromatic carbocycles. The largest absolute Gasteiger partial charge is 0.450 e. The van der Waals surface area contributed by atoms with E-state index in [0.29, 0.717) is 11.3 Å². The van der Waals surface area contributed by atoms with E-state index in [1.807, 2.05) is 47.0 Å². The highest BCUT2D eigenvalue weighted by atomic mass is 16.3. The number of rotatable bonds is 1. The highest BCUT2D eigenvalue weighted by molar-refractivity contribution is 6.14. The van der Waals surface area contributed by atoms with Crippen LogP contribution in [-0.4, -0.2) is 9.13 Å². The molecule has 4 heteroatoms. The summed E-state index contributed by atoms with van der Waals surface area (Å²) in [5, 5.41) is 4.30. The van der Waals surface area contributed by atoms with Crippen LogP contribution in [-0.2, 0) is 5.41 Å². The Morgan fingerprint density at radius 2 is 1.02 bits per heavy atom. The Balaban J connectivity index is 1.39. The van der Waals surface area contributed by atoms with Crippen LogP contribution in [0.2, 0.25) is 0 Å². The predicted molar refractivity (Wildman–Crippen MR) is 185 cm³/mol. The third-order valence-electron chi connectivity index (χ3n) is 10.3. The maximum absolute atomic E-state index is 14.7. The number of benzene rings is 6. The molecule has 1 atom stereocenters. The van der Waals surface area contributed by atoms with Gasteiger partial charge in [0.2, 0.25) is 5.58 Å². The molecule has 0 bridgehead atoms. The average Bonchev–Trinajstić information content (AvgIpc) is 3.72. The van der Waals surface area contributed by atoms with E-state index in [9.17, 15) is 4.79 Å². The monoisotopic (exact) mass is 588 g/mol. The van der Waals surface area contributed by atoms with Crippen molar-refractivity contribution in [2.45, 2.75) is 5.41 Å². The fourth-order valence-corrected chi connectivity index (χ4v) is 8.65. The van der Waals surface area contributed by atoms with Gasteiger partial charge in [0.15, 0.2) is 0 Å². The number of pyridine rings is 1. The van der Waals surface area contributed by atoms with Gasteiger partial charge in [-0.2, -0.15) is 0 Å². The van der Waals surface area contributed by atoms with Crippen LogP contribution < -0.4 is 5.56 Å². The number of hydrogen-bond donors (Lipinski definition) is 0. The highest BCUT2D eigenvalue weighted by Crippen LogP contribution is 2.58. The summed E-state index contributed by atoms with van der Waals surface area (Å²) in [6, 6.07) is 51.2. The van der Waals surface area contributed by atoms with Crippen molar-refractivity contribution >= 4 is 43.7 Å². The molecular formula is C42H24N2O2. The van der Waals surface area contributed by atoms with Gasteiger partial charge in [-0.25, -0.2) is 0 Å². The van der Waals surface area contributed by atoms with Crippen LogP contribution in [0.15, 0.2) is 155 Å². The molecule has 1 unspecified atom stereocenters. The second-order valence-corrected chi connectivity index (χ2v) is 12.4. The normalized spacial score (nSPS) is 16.0. The smallest absolute Gasteiger partial charge is 0.299 e. The molecule has 0 fully saturated rings. The lowest BCUT2D eigenvalue weighted by Gasteiger charge is -2.45. The molecular weight excluding hydrogens is 564 g/mol. The zero-order chi connectivity index (χ0) is 30.1. The van der Waals surface area contributed by atoms with E-state index in [1.54, 1.807) is 0 Å². The van der Waals surface area contributed by atoms with E-state index in [-0.39, 0.29) is 5.56 Å². The van der Waals surface area contributed by atoms with E-state index < -0.39 is 5.41 Å². The minimum atomic E-state index is -0.664. The van der Waals surface area contributed by atoms with Crippen molar-refractivity contribution in [1.82, 2.24) is 9.13 Å². The van der Waals surface area contributed by atoms with Gasteiger partial charge >= 0.3 is 0 Å². The summed E-state index contributed by atoms with van der Waals surface area (Å²) in [4.78, 5) is 14.7. The van der Waals surface area contributed by atoms with Crippen LogP contribution in [0.3, 0.4) is 0 Å². The summed E-state index contributed by atoms with van der Waals surface area (Å²) >= 11 is 0. The highest BCUT2D eigenvalue weighted by Gasteiger charge is 2.50. The Bertz CT molecular complexity index is 2830. The quantitative estimate of drug-likeness (QED) is 0.192. The predicted octanol–water partition coefficient (Wildman–Crippen LogP) is 9.51. The number of fused-ring (bicyclic) bond motifs is 13. The molecule has 0 saturated heterocycles. The van der Waals surface area contributed by atoms with Crippen LogP contribution in [0.4, 0.5) is 0 Å². The van der Waals surface area contributed by atoms with Gasteiger partial charge < -0.3 is 8.98 Å². The first-order valence-electron chi connectivity index (χ1n) is 15.7. The molecule has 9 aromatic rings. The third kappa shape index (κ3) is 2.67. The molecule has 2 aliphatic rings. The van der Waals surface area contributed by atoms with Gasteiger partial charge in [0, 0.05) is 27.1 Å². The number of hydrogen-bond acceptors (Lipinski definition) is 2. The first-order valence-corrected chi connectivity index (χ1v) is 15.7. The SMILES string of the molecule is O=c1c2oc(-c3ccccc3)cc2c2cccc3c2n1-c1ccccc1C31c2ccccc2-n2c3ccccc3c3cccc1c32. The van der Waals surface area contributed by atoms with Crippen LogP contribution in [0.5, 0.6) is 0 Å². The van der Waals surface area contributed by atoms with Crippen molar-refractivity contribution in [3.05, 3.63) is 178 Å². The van der Waals surface area contributed by atoms with Crippen molar-refractivity contribution in [2.24, 2.45) is 0 Å². The second-order valence-electron chi connectivity index (χ2n) is 12.4. The summed E-state index contributed by atoms with van der Waals surface area (Å²) < 4.78 is 10.7. The number of para-hydroxylation sites is 5. The molecule has 1 spiro atoms. The van der Waals surface area contributed by atoms with Crippen LogP contribution in [0.25, 0.3) is 66.4 Å². The molecule has 0 N–H and O–H groups in total. The Hall–Kier alpha value is -6.13. The zero-order valence-corrected chi connectivity index (χ0v) is 24.6. The van der Waals surface area contributed by atoms with Gasteiger partial charge in [-0.15, -0.1) is 0 Å². The molecule has 11 rings (SSSR count). The minimum absolute atomic E-state index is 0.143. The van der Waals surface area contributed by atoms with Gasteiger partial charge in [0.1, 0.15) is 5.76 Å². The molecule has 3 aromatic heterocycles. The molecule has 4 nitrogen and oxygen atoms in total. The van der Waals surface area contributed by atoms with Crippen LogP contribution >= 0.6 is 0 Å². The Morgan fingerprint density at radius 1 is 0.478 bits per heavy atom. The average molecular weight is 589 g/mol. The molecule has 46 heavy (non-hydrogen) atoms. The second kappa shape index (κ2) is 8.32. The molecule has 0 amide bonds. The van der Waals surface area contributed by atoms with Crippen molar-refractivity contribution in [1.29, 1.82) is 0 Å². The van der Waals surface area contributed by atoms with E-state index in [4.69, 9.17) is 4.42 Å². The van der Waals surface area contributed by atoms with Gasteiger partial charge in [0.05, 0.1) is 33.3 Å². The summed E-state index contributed by atoms with van der Waals surface area (Å²) in [7, 11) is 0. The Morgan fingerprint density at radius 3 is 1.76 bits per heavy atom. The van der Waals surface area contributed by atoms with Crippen molar-refractivity contribution in [3.63, 3.8) is 0 Å². The first kappa shape index (κ1) is 24.2. The topological polar surface area (TPSA) is 40.1 Å². The third-order valence-corrected chi connectivity index (χ3v) is 10.3. The van der Waals surface area contributed by atoms with Crippen molar-refractivity contribution in [3.8, 4) is 22.7 Å². The van der Waals surface area contributed by atoms with E-state index >= 15 is 0 Å². The number of aromatic nitrogens is 2. The van der Waals surface area contributed by atoms with Crippen LogP contribution in [0.1, 0.15) is 22.3 Å². The molecule has 5 heterocycles. The van der Waals surface area contributed by atoms with Crippen LogP contribution in [0, 0.1) is 0 Å². The van der Waals surface area contributed by atoms with Gasteiger partial charge in [-0.3, -0.25) is 9.36 Å². The summed E-state index contributed by atoms with van der Waals surface area (Å²) in [6.45, 7) is 0. The Kier molecular flexibility index (Phi) is 4.38. The fourth-order valence-electron chi connectivity index (χ4n) is 8.65. The molecule has 214 valence electrons. The maximum atomic E-state index is 14.7. The lowest BCUT2D eigenvalue weighted by atomic mass is 9.61. The van der Waals surface area contributed by atoms with E-state index in [1.165, 1.54) is 32.9 Å². The fraction of sp³-hybridized carbons (Fsp3) is 0.0238. The van der Waals surface area contributed by atoms with Crippen molar-refractivity contribution in [2.75, 3.05) is 0 Å². The first-order chi connectivity index (χ1) is 22.8. The van der Waals surface area contributed by atoms with Gasteiger partial charge in [0.25, 0.3) is 5.56 Å².